The van der Waals surface area contributed by atoms with E-state index in [1.807, 2.05) is 73.1 Å². The molecule has 0 aliphatic rings. The summed E-state index contributed by atoms with van der Waals surface area (Å²) in [6, 6.07) is 102. The molecule has 0 aliphatic carbocycles. The number of aromatic nitrogens is 8. The predicted molar refractivity (Wildman–Crippen MR) is 386 cm³/mol. The molecule has 19 rings (SSSR count). The van der Waals surface area contributed by atoms with Crippen LogP contribution in [-0.2, 0) is 0 Å². The lowest BCUT2D eigenvalue weighted by molar-refractivity contribution is -0.567. The van der Waals surface area contributed by atoms with Crippen molar-refractivity contribution in [3.05, 3.63) is 310 Å². The van der Waals surface area contributed by atoms with E-state index in [0.29, 0.717) is 34.9 Å². The van der Waals surface area contributed by atoms with E-state index in [1.54, 1.807) is 0 Å². The third-order valence-electron chi connectivity index (χ3n) is 18.7. The molecule has 5 aromatic heterocycles. The van der Waals surface area contributed by atoms with Crippen molar-refractivity contribution in [3.8, 4) is 96.3 Å². The van der Waals surface area contributed by atoms with Crippen molar-refractivity contribution in [1.82, 2.24) is 34.9 Å². The highest BCUT2D eigenvalue weighted by molar-refractivity contribution is 6.23. The van der Waals surface area contributed by atoms with E-state index in [2.05, 4.69) is 246 Å². The van der Waals surface area contributed by atoms with Crippen LogP contribution in [0.1, 0.15) is 0 Å². The van der Waals surface area contributed by atoms with E-state index >= 15 is 0 Å². The van der Waals surface area contributed by atoms with Crippen LogP contribution >= 0.6 is 0 Å². The predicted octanol–water partition coefficient (Wildman–Crippen LogP) is 21.0. The van der Waals surface area contributed by atoms with Gasteiger partial charge in [0, 0.05) is 91.6 Å². The van der Waals surface area contributed by atoms with Crippen LogP contribution in [0.3, 0.4) is 0 Å². The fourth-order valence-corrected chi connectivity index (χ4v) is 14.2. The van der Waals surface area contributed by atoms with Gasteiger partial charge in [-0.3, -0.25) is 4.98 Å². The van der Waals surface area contributed by atoms with Crippen molar-refractivity contribution in [2.75, 3.05) is 0 Å². The molecule has 0 radical (unpaired) electrons. The zero-order valence-corrected chi connectivity index (χ0v) is 50.9. The molecule has 0 saturated heterocycles. The fraction of sp³-hybridized carbons (Fsp3) is 0. The second kappa shape index (κ2) is 21.9. The molecule has 0 amide bonds. The first-order valence-corrected chi connectivity index (χ1v) is 31.8. The maximum Gasteiger partial charge on any atom is 0.219 e. The molecular formula is C86H51N8O+. The molecule has 9 heteroatoms. The number of pyridine rings is 2. The molecule has 0 atom stereocenters. The Morgan fingerprint density at radius 1 is 0.263 bits per heavy atom. The number of fused-ring (bicyclic) bond motifs is 15. The lowest BCUT2D eigenvalue weighted by atomic mass is 9.91. The third kappa shape index (κ3) is 9.08. The standard InChI is InChI=1S/C86H51N8O/c1-3-17-56(18-4-1)81-89-84(60-23-11-22-59(48-60)63-29-13-21-55-39-40-68-70(78(55)63)41-37-54-45-46-87-51-75(54)68)91-85(90-81)61-24-12-25-62(49-61)94-47-15-31-69-74-50-73(66-28-10-9-27-65(66)67(74)43-44-76(69)94)53-33-35-58(36-34-53)83-88-82(57-19-5-2-6-20-57)92-86(93-83)72-30-14-32-77-79(72)71-42-38-52-16-7-8-26-64(52)80(71)95-77/h1-51H/q+1. The van der Waals surface area contributed by atoms with Gasteiger partial charge in [-0.2, -0.15) is 4.57 Å². The summed E-state index contributed by atoms with van der Waals surface area (Å²) in [6.07, 6.45) is 5.96. The summed E-state index contributed by atoms with van der Waals surface area (Å²) < 4.78 is 8.89. The van der Waals surface area contributed by atoms with Gasteiger partial charge in [-0.1, -0.05) is 224 Å². The Morgan fingerprint density at radius 2 is 0.789 bits per heavy atom. The van der Waals surface area contributed by atoms with Crippen LogP contribution in [0.15, 0.2) is 314 Å². The number of nitrogens with zero attached hydrogens (tertiary/aromatic N) is 8. The Labute approximate surface area is 544 Å². The molecule has 19 aromatic rings. The zero-order chi connectivity index (χ0) is 62.5. The molecule has 440 valence electrons. The maximum absolute atomic E-state index is 6.62. The molecule has 0 bridgehead atoms. The number of hydrogen-bond acceptors (Lipinski definition) is 8. The molecule has 5 heterocycles. The van der Waals surface area contributed by atoms with Crippen LogP contribution in [0.2, 0.25) is 0 Å². The van der Waals surface area contributed by atoms with Gasteiger partial charge in [-0.15, -0.1) is 0 Å². The third-order valence-corrected chi connectivity index (χ3v) is 18.7. The van der Waals surface area contributed by atoms with Gasteiger partial charge in [0.1, 0.15) is 11.2 Å². The van der Waals surface area contributed by atoms with Crippen LogP contribution in [0.5, 0.6) is 0 Å². The number of hydrogen-bond donors (Lipinski definition) is 0. The van der Waals surface area contributed by atoms with Crippen LogP contribution in [0, 0.1) is 0 Å². The van der Waals surface area contributed by atoms with Crippen LogP contribution in [-0.4, -0.2) is 34.9 Å². The molecule has 0 N–H and O–H groups in total. The Morgan fingerprint density at radius 3 is 1.57 bits per heavy atom. The molecule has 0 unspecified atom stereocenters. The molecule has 14 aromatic carbocycles. The molecule has 0 aliphatic heterocycles. The van der Waals surface area contributed by atoms with Gasteiger partial charge < -0.3 is 4.42 Å². The number of furan rings is 1. The van der Waals surface area contributed by atoms with Crippen molar-refractivity contribution in [2.24, 2.45) is 0 Å². The van der Waals surface area contributed by atoms with Gasteiger partial charge in [-0.05, 0) is 119 Å². The lowest BCUT2D eigenvalue weighted by Crippen LogP contribution is -2.30. The van der Waals surface area contributed by atoms with Gasteiger partial charge in [0.2, 0.25) is 11.2 Å². The van der Waals surface area contributed by atoms with Crippen molar-refractivity contribution in [3.63, 3.8) is 0 Å². The highest BCUT2D eigenvalue weighted by Crippen LogP contribution is 2.43. The van der Waals surface area contributed by atoms with E-state index in [4.69, 9.17) is 34.3 Å². The van der Waals surface area contributed by atoms with Crippen molar-refractivity contribution in [2.45, 2.75) is 0 Å². The van der Waals surface area contributed by atoms with Crippen LogP contribution in [0.4, 0.5) is 0 Å². The Balaban J connectivity index is 0.698. The average molecular weight is 1210 g/mol. The average Bonchev–Trinajstić information content (AvgIpc) is 1.37. The van der Waals surface area contributed by atoms with Crippen molar-refractivity contribution in [1.29, 1.82) is 0 Å². The van der Waals surface area contributed by atoms with Crippen molar-refractivity contribution >= 4 is 97.5 Å². The Kier molecular flexibility index (Phi) is 12.4. The smallest absolute Gasteiger partial charge is 0.219 e. The van der Waals surface area contributed by atoms with Crippen LogP contribution < -0.4 is 4.57 Å². The normalized spacial score (nSPS) is 11.8. The highest BCUT2D eigenvalue weighted by Gasteiger charge is 2.23. The highest BCUT2D eigenvalue weighted by atomic mass is 16.3. The molecule has 0 saturated carbocycles. The fourth-order valence-electron chi connectivity index (χ4n) is 14.2. The summed E-state index contributed by atoms with van der Waals surface area (Å²) in [5.41, 5.74) is 13.4. The topological polar surface area (TPSA) is 107 Å². The van der Waals surface area contributed by atoms with Crippen molar-refractivity contribution < 1.29 is 8.98 Å². The van der Waals surface area contributed by atoms with E-state index < -0.39 is 0 Å². The minimum absolute atomic E-state index is 0.574. The lowest BCUT2D eigenvalue weighted by Gasteiger charge is -2.14. The molecule has 0 fully saturated rings. The maximum atomic E-state index is 6.62. The largest absolute Gasteiger partial charge is 0.455 e. The van der Waals surface area contributed by atoms with E-state index in [-0.39, 0.29) is 0 Å². The Bertz CT molecular complexity index is 6350. The Hall–Kier alpha value is -13.0. The number of rotatable bonds is 9. The summed E-state index contributed by atoms with van der Waals surface area (Å²) in [7, 11) is 0. The SMILES string of the molecule is c1ccc(-c2nc(-c3cccc(-c4cccc5ccc6c7cnccc7ccc6c45)c3)nc(-c3cccc(-[n+]4cccc5c6cc(-c7ccc(-c8nc(-c9ccccc9)nc(-c9cccc%10oc%11c%12ccccc%12ccc%11c9%10)n8)cc7)c7ccccc7c6ccc54)c3)n2)cc1. The molecule has 0 spiro atoms. The summed E-state index contributed by atoms with van der Waals surface area (Å²) in [5, 5.41) is 17.0. The first-order valence-electron chi connectivity index (χ1n) is 31.8. The van der Waals surface area contributed by atoms with E-state index in [1.165, 1.54) is 37.7 Å². The first kappa shape index (κ1) is 53.8. The van der Waals surface area contributed by atoms with Gasteiger partial charge >= 0.3 is 0 Å². The molecular weight excluding hydrogens is 1160 g/mol. The zero-order valence-electron chi connectivity index (χ0n) is 50.9. The summed E-state index contributed by atoms with van der Waals surface area (Å²) >= 11 is 0. The van der Waals surface area contributed by atoms with Gasteiger partial charge in [-0.25, -0.2) is 29.9 Å². The summed E-state index contributed by atoms with van der Waals surface area (Å²) in [5.74, 6) is 3.51. The van der Waals surface area contributed by atoms with Gasteiger partial charge in [0.25, 0.3) is 0 Å². The summed E-state index contributed by atoms with van der Waals surface area (Å²) in [6.45, 7) is 0. The van der Waals surface area contributed by atoms with Crippen LogP contribution in [0.25, 0.3) is 194 Å². The quantitative estimate of drug-likeness (QED) is 0.104. The second-order valence-corrected chi connectivity index (χ2v) is 24.2. The minimum atomic E-state index is 0.574. The number of benzene rings is 14. The van der Waals surface area contributed by atoms with Gasteiger partial charge in [0.05, 0.1) is 5.39 Å². The van der Waals surface area contributed by atoms with E-state index in [9.17, 15) is 0 Å². The monoisotopic (exact) mass is 1210 g/mol. The van der Waals surface area contributed by atoms with E-state index in [0.717, 1.165) is 121 Å². The molecule has 95 heavy (non-hydrogen) atoms. The second-order valence-electron chi connectivity index (χ2n) is 24.2. The van der Waals surface area contributed by atoms with Gasteiger partial charge in [0.15, 0.2) is 41.1 Å². The summed E-state index contributed by atoms with van der Waals surface area (Å²) in [4.78, 5) is 35.8. The first-order chi connectivity index (χ1) is 47.1. The molecule has 9 nitrogen and oxygen atoms in total. The minimum Gasteiger partial charge on any atom is -0.455 e.